The maximum atomic E-state index is 12.3. The second-order valence-corrected chi connectivity index (χ2v) is 5.66. The molecule has 7 heteroatoms. The SMILES string of the molecule is CC(C)OC(=O)C1(C(=O)OC(C)C)NC(=O)CC1(C)O. The van der Waals surface area contributed by atoms with Crippen LogP contribution in [0.25, 0.3) is 0 Å². The van der Waals surface area contributed by atoms with Crippen molar-refractivity contribution in [1.29, 1.82) is 0 Å². The summed E-state index contributed by atoms with van der Waals surface area (Å²) in [6, 6.07) is 0. The monoisotopic (exact) mass is 287 g/mol. The van der Waals surface area contributed by atoms with Gasteiger partial charge in [-0.2, -0.15) is 0 Å². The molecule has 2 N–H and O–H groups in total. The molecule has 7 nitrogen and oxygen atoms in total. The smallest absolute Gasteiger partial charge is 0.347 e. The predicted molar refractivity (Wildman–Crippen MR) is 68.6 cm³/mol. The van der Waals surface area contributed by atoms with Crippen LogP contribution in [0.3, 0.4) is 0 Å². The molecule has 114 valence electrons. The average molecular weight is 287 g/mol. The molecular weight excluding hydrogens is 266 g/mol. The van der Waals surface area contributed by atoms with Crippen LogP contribution in [-0.2, 0) is 23.9 Å². The summed E-state index contributed by atoms with van der Waals surface area (Å²) in [5, 5.41) is 12.6. The van der Waals surface area contributed by atoms with Crippen molar-refractivity contribution in [3.63, 3.8) is 0 Å². The topological polar surface area (TPSA) is 102 Å². The van der Waals surface area contributed by atoms with Crippen molar-refractivity contribution in [1.82, 2.24) is 5.32 Å². The Balaban J connectivity index is 3.23. The van der Waals surface area contributed by atoms with Gasteiger partial charge < -0.3 is 19.9 Å². The molecule has 1 unspecified atom stereocenters. The first-order valence-corrected chi connectivity index (χ1v) is 6.48. The fourth-order valence-electron chi connectivity index (χ4n) is 2.06. The number of rotatable bonds is 4. The molecule has 0 aliphatic carbocycles. The molecule has 1 rings (SSSR count). The summed E-state index contributed by atoms with van der Waals surface area (Å²) in [4.78, 5) is 36.1. The van der Waals surface area contributed by atoms with Gasteiger partial charge in [0.15, 0.2) is 0 Å². The van der Waals surface area contributed by atoms with Crippen LogP contribution >= 0.6 is 0 Å². The van der Waals surface area contributed by atoms with E-state index in [1.165, 1.54) is 6.92 Å². The molecule has 0 aromatic carbocycles. The van der Waals surface area contributed by atoms with Crippen molar-refractivity contribution < 1.29 is 29.0 Å². The molecule has 1 atom stereocenters. The van der Waals surface area contributed by atoms with E-state index in [2.05, 4.69) is 5.32 Å². The Morgan fingerprint density at radius 2 is 1.55 bits per heavy atom. The number of carbonyl (C=O) groups is 3. The summed E-state index contributed by atoms with van der Waals surface area (Å²) < 4.78 is 10.0. The average Bonchev–Trinajstić information content (AvgIpc) is 2.46. The minimum absolute atomic E-state index is 0.382. The van der Waals surface area contributed by atoms with Crippen molar-refractivity contribution >= 4 is 17.8 Å². The molecular formula is C13H21NO6. The van der Waals surface area contributed by atoms with E-state index in [0.717, 1.165) is 0 Å². The highest BCUT2D eigenvalue weighted by Gasteiger charge is 2.67. The first-order valence-electron chi connectivity index (χ1n) is 6.48. The van der Waals surface area contributed by atoms with Gasteiger partial charge in [-0.05, 0) is 34.6 Å². The highest BCUT2D eigenvalue weighted by molar-refractivity contribution is 6.12. The van der Waals surface area contributed by atoms with Crippen molar-refractivity contribution in [2.75, 3.05) is 0 Å². The first kappa shape index (κ1) is 16.4. The number of ether oxygens (including phenoxy) is 2. The summed E-state index contributed by atoms with van der Waals surface area (Å²) in [5.41, 5.74) is -4.14. The van der Waals surface area contributed by atoms with E-state index in [4.69, 9.17) is 9.47 Å². The second-order valence-electron chi connectivity index (χ2n) is 5.66. The van der Waals surface area contributed by atoms with E-state index in [1.54, 1.807) is 27.7 Å². The van der Waals surface area contributed by atoms with Crippen LogP contribution in [0.5, 0.6) is 0 Å². The molecule has 20 heavy (non-hydrogen) atoms. The molecule has 0 aromatic heterocycles. The minimum Gasteiger partial charge on any atom is -0.461 e. The zero-order valence-corrected chi connectivity index (χ0v) is 12.4. The Morgan fingerprint density at radius 3 is 1.80 bits per heavy atom. The lowest BCUT2D eigenvalue weighted by Crippen LogP contribution is -2.67. The summed E-state index contributed by atoms with van der Waals surface area (Å²) in [5.74, 6) is -2.65. The molecule has 0 bridgehead atoms. The summed E-state index contributed by atoms with van der Waals surface area (Å²) >= 11 is 0. The van der Waals surface area contributed by atoms with E-state index in [1.807, 2.05) is 0 Å². The van der Waals surface area contributed by atoms with E-state index >= 15 is 0 Å². The Kier molecular flexibility index (Phi) is 4.43. The number of carbonyl (C=O) groups excluding carboxylic acids is 3. The number of esters is 2. The van der Waals surface area contributed by atoms with Gasteiger partial charge in [-0.15, -0.1) is 0 Å². The third kappa shape index (κ3) is 2.77. The van der Waals surface area contributed by atoms with Crippen LogP contribution in [-0.4, -0.2) is 46.3 Å². The quantitative estimate of drug-likeness (QED) is 0.553. The molecule has 1 fully saturated rings. The highest BCUT2D eigenvalue weighted by atomic mass is 16.6. The van der Waals surface area contributed by atoms with Crippen molar-refractivity contribution in [3.8, 4) is 0 Å². The number of amides is 1. The van der Waals surface area contributed by atoms with E-state index in [9.17, 15) is 19.5 Å². The van der Waals surface area contributed by atoms with Crippen LogP contribution in [0, 0.1) is 0 Å². The lowest BCUT2D eigenvalue weighted by atomic mass is 9.82. The lowest BCUT2D eigenvalue weighted by molar-refractivity contribution is -0.181. The lowest BCUT2D eigenvalue weighted by Gasteiger charge is -2.35. The third-order valence-corrected chi connectivity index (χ3v) is 2.94. The van der Waals surface area contributed by atoms with Crippen LogP contribution in [0.2, 0.25) is 0 Å². The number of nitrogens with one attached hydrogen (secondary N) is 1. The highest BCUT2D eigenvalue weighted by Crippen LogP contribution is 2.34. The normalized spacial score (nSPS) is 24.7. The zero-order valence-electron chi connectivity index (χ0n) is 12.4. The van der Waals surface area contributed by atoms with Crippen molar-refractivity contribution in [2.45, 2.75) is 64.4 Å². The molecule has 1 saturated heterocycles. The molecule has 0 saturated carbocycles. The number of hydrogen-bond donors (Lipinski definition) is 2. The van der Waals surface area contributed by atoms with E-state index in [0.29, 0.717) is 0 Å². The van der Waals surface area contributed by atoms with Crippen LogP contribution < -0.4 is 5.32 Å². The van der Waals surface area contributed by atoms with Crippen LogP contribution in [0.1, 0.15) is 41.0 Å². The molecule has 0 radical (unpaired) electrons. The first-order chi connectivity index (χ1) is 9.03. The largest absolute Gasteiger partial charge is 0.461 e. The molecule has 0 aromatic rings. The molecule has 1 amide bonds. The zero-order chi connectivity index (χ0) is 15.7. The van der Waals surface area contributed by atoms with Gasteiger partial charge in [-0.1, -0.05) is 0 Å². The predicted octanol–water partition coefficient (Wildman–Crippen LogP) is -0.101. The Morgan fingerprint density at radius 1 is 1.15 bits per heavy atom. The fraction of sp³-hybridized carbons (Fsp3) is 0.769. The van der Waals surface area contributed by atoms with Gasteiger partial charge in [0, 0.05) is 0 Å². The third-order valence-electron chi connectivity index (χ3n) is 2.94. The second kappa shape index (κ2) is 5.40. The van der Waals surface area contributed by atoms with Gasteiger partial charge in [0.1, 0.15) is 5.60 Å². The van der Waals surface area contributed by atoms with Gasteiger partial charge in [-0.25, -0.2) is 9.59 Å². The Hall–Kier alpha value is -1.63. The van der Waals surface area contributed by atoms with E-state index < -0.39 is 41.2 Å². The summed E-state index contributed by atoms with van der Waals surface area (Å²) in [7, 11) is 0. The molecule has 1 heterocycles. The summed E-state index contributed by atoms with van der Waals surface area (Å²) in [6.07, 6.45) is -1.38. The van der Waals surface area contributed by atoms with Gasteiger partial charge in [0.25, 0.3) is 5.54 Å². The standard InChI is InChI=1S/C13H21NO6/c1-7(2)19-10(16)13(11(17)20-8(3)4)12(5,18)6-9(15)14-13/h7-8,18H,6H2,1-5H3,(H,14,15). The van der Waals surface area contributed by atoms with Gasteiger partial charge in [-0.3, -0.25) is 4.79 Å². The van der Waals surface area contributed by atoms with Crippen LogP contribution in [0.4, 0.5) is 0 Å². The maximum Gasteiger partial charge on any atom is 0.347 e. The maximum absolute atomic E-state index is 12.3. The minimum atomic E-state index is -2.22. The van der Waals surface area contributed by atoms with Gasteiger partial charge in [0.05, 0.1) is 18.6 Å². The van der Waals surface area contributed by atoms with E-state index in [-0.39, 0.29) is 6.42 Å². The van der Waals surface area contributed by atoms with Crippen molar-refractivity contribution in [3.05, 3.63) is 0 Å². The number of hydrogen-bond acceptors (Lipinski definition) is 6. The fourth-order valence-corrected chi connectivity index (χ4v) is 2.06. The molecule has 1 aliphatic rings. The Labute approximate surface area is 117 Å². The Bertz CT molecular complexity index is 405. The molecule has 1 aliphatic heterocycles. The summed E-state index contributed by atoms with van der Waals surface area (Å²) in [6.45, 7) is 7.64. The van der Waals surface area contributed by atoms with Gasteiger partial charge >= 0.3 is 11.9 Å². The number of aliphatic hydroxyl groups is 1. The molecule has 0 spiro atoms. The van der Waals surface area contributed by atoms with Crippen molar-refractivity contribution in [2.24, 2.45) is 0 Å². The van der Waals surface area contributed by atoms with Crippen LogP contribution in [0.15, 0.2) is 0 Å². The van der Waals surface area contributed by atoms with Gasteiger partial charge in [0.2, 0.25) is 5.91 Å².